The van der Waals surface area contributed by atoms with Crippen LogP contribution in [0.2, 0.25) is 0 Å². The second kappa shape index (κ2) is 6.65. The van der Waals surface area contributed by atoms with E-state index in [1.54, 1.807) is 36.4 Å². The highest BCUT2D eigenvalue weighted by Gasteiger charge is 2.13. The maximum Gasteiger partial charge on any atom is 0.333 e. The lowest BCUT2D eigenvalue weighted by Gasteiger charge is -2.07. The normalized spacial score (nSPS) is 10.9. The number of carbonyl (C=O) groups is 1. The number of hydrogen-bond acceptors (Lipinski definition) is 5. The fourth-order valence-electron chi connectivity index (χ4n) is 2.75. The van der Waals surface area contributed by atoms with Crippen LogP contribution in [0.15, 0.2) is 63.5 Å². The first kappa shape index (κ1) is 16.9. The number of aryl methyl sites for hydroxylation is 1. The predicted molar refractivity (Wildman–Crippen MR) is 105 cm³/mol. The van der Waals surface area contributed by atoms with E-state index in [0.29, 0.717) is 27.3 Å². The zero-order valence-corrected chi connectivity index (χ0v) is 15.0. The van der Waals surface area contributed by atoms with Gasteiger partial charge in [0.05, 0.1) is 22.3 Å². The Morgan fingerprint density at radius 3 is 2.63 bits per heavy atom. The minimum atomic E-state index is -0.563. The van der Waals surface area contributed by atoms with E-state index in [9.17, 15) is 14.4 Å². The van der Waals surface area contributed by atoms with E-state index in [1.165, 1.54) is 23.5 Å². The number of aromatic amines is 1. The zero-order chi connectivity index (χ0) is 19.0. The highest BCUT2D eigenvalue weighted by Crippen LogP contribution is 2.17. The SMILES string of the molecule is Cc1csc(NC(=O)c2ccc3c(=O)n(-c4ccccc4)c(=O)[nH]c3c2)n1. The lowest BCUT2D eigenvalue weighted by molar-refractivity contribution is 0.102. The molecule has 0 fully saturated rings. The van der Waals surface area contributed by atoms with Crippen LogP contribution in [0, 0.1) is 6.92 Å². The number of aromatic nitrogens is 3. The van der Waals surface area contributed by atoms with Gasteiger partial charge >= 0.3 is 5.69 Å². The number of rotatable bonds is 3. The zero-order valence-electron chi connectivity index (χ0n) is 14.2. The molecule has 7 nitrogen and oxygen atoms in total. The van der Waals surface area contributed by atoms with Gasteiger partial charge in [-0.25, -0.2) is 14.3 Å². The number of para-hydroxylation sites is 1. The van der Waals surface area contributed by atoms with Gasteiger partial charge in [-0.05, 0) is 37.3 Å². The lowest BCUT2D eigenvalue weighted by atomic mass is 10.1. The molecule has 0 saturated heterocycles. The summed E-state index contributed by atoms with van der Waals surface area (Å²) in [5.74, 6) is -0.362. The first-order valence-electron chi connectivity index (χ1n) is 8.11. The van der Waals surface area contributed by atoms with Crippen molar-refractivity contribution in [1.82, 2.24) is 14.5 Å². The Hall–Kier alpha value is -3.52. The van der Waals surface area contributed by atoms with Crippen LogP contribution in [-0.4, -0.2) is 20.4 Å². The van der Waals surface area contributed by atoms with Crippen molar-refractivity contribution >= 4 is 33.3 Å². The fourth-order valence-corrected chi connectivity index (χ4v) is 3.43. The van der Waals surface area contributed by atoms with Gasteiger partial charge in [-0.2, -0.15) is 0 Å². The summed E-state index contributed by atoms with van der Waals surface area (Å²) in [5.41, 5.74) is 0.920. The molecular weight excluding hydrogens is 364 g/mol. The van der Waals surface area contributed by atoms with Crippen LogP contribution < -0.4 is 16.6 Å². The van der Waals surface area contributed by atoms with E-state index >= 15 is 0 Å². The van der Waals surface area contributed by atoms with Gasteiger partial charge in [0.1, 0.15) is 0 Å². The number of fused-ring (bicyclic) bond motifs is 1. The number of amides is 1. The predicted octanol–water partition coefficient (Wildman–Crippen LogP) is 2.70. The molecule has 0 atom stereocenters. The minimum Gasteiger partial charge on any atom is -0.306 e. The van der Waals surface area contributed by atoms with Crippen LogP contribution in [0.4, 0.5) is 5.13 Å². The Morgan fingerprint density at radius 2 is 1.93 bits per heavy atom. The summed E-state index contributed by atoms with van der Waals surface area (Å²) in [6, 6.07) is 13.2. The molecule has 2 aromatic carbocycles. The number of carbonyl (C=O) groups excluding carboxylic acids is 1. The second-order valence-corrected chi connectivity index (χ2v) is 6.77. The molecule has 0 aliphatic heterocycles. The first-order chi connectivity index (χ1) is 13.0. The quantitative estimate of drug-likeness (QED) is 0.573. The molecule has 0 aliphatic carbocycles. The number of anilines is 1. The molecule has 0 unspecified atom stereocenters. The Balaban J connectivity index is 1.77. The molecule has 0 aliphatic rings. The molecule has 0 saturated carbocycles. The van der Waals surface area contributed by atoms with Crippen LogP contribution in [0.1, 0.15) is 16.1 Å². The third-order valence-electron chi connectivity index (χ3n) is 4.01. The van der Waals surface area contributed by atoms with Crippen molar-refractivity contribution in [1.29, 1.82) is 0 Å². The maximum absolute atomic E-state index is 12.8. The van der Waals surface area contributed by atoms with Crippen LogP contribution >= 0.6 is 11.3 Å². The van der Waals surface area contributed by atoms with Crippen molar-refractivity contribution in [3.63, 3.8) is 0 Å². The van der Waals surface area contributed by atoms with Gasteiger partial charge in [0, 0.05) is 10.9 Å². The van der Waals surface area contributed by atoms with Crippen molar-refractivity contribution in [2.45, 2.75) is 6.92 Å². The number of thiazole rings is 1. The molecule has 27 heavy (non-hydrogen) atoms. The number of benzene rings is 2. The average Bonchev–Trinajstić information content (AvgIpc) is 3.07. The smallest absolute Gasteiger partial charge is 0.306 e. The van der Waals surface area contributed by atoms with E-state index in [0.717, 1.165) is 10.3 Å². The summed E-state index contributed by atoms with van der Waals surface area (Å²) >= 11 is 1.33. The molecule has 2 N–H and O–H groups in total. The van der Waals surface area contributed by atoms with E-state index in [1.807, 2.05) is 12.3 Å². The summed E-state index contributed by atoms with van der Waals surface area (Å²) in [6.45, 7) is 1.84. The third kappa shape index (κ3) is 3.18. The van der Waals surface area contributed by atoms with E-state index in [4.69, 9.17) is 0 Å². The van der Waals surface area contributed by atoms with Crippen molar-refractivity contribution in [3.05, 3.63) is 86.0 Å². The average molecular weight is 378 g/mol. The lowest BCUT2D eigenvalue weighted by Crippen LogP contribution is -2.33. The van der Waals surface area contributed by atoms with Crippen molar-refractivity contribution < 1.29 is 4.79 Å². The second-order valence-electron chi connectivity index (χ2n) is 5.91. The van der Waals surface area contributed by atoms with Gasteiger partial charge in [0.2, 0.25) is 0 Å². The van der Waals surface area contributed by atoms with Crippen LogP contribution in [0.3, 0.4) is 0 Å². The molecule has 4 rings (SSSR count). The molecule has 0 spiro atoms. The third-order valence-corrected chi connectivity index (χ3v) is 4.89. The van der Waals surface area contributed by atoms with E-state index in [-0.39, 0.29) is 5.91 Å². The maximum atomic E-state index is 12.8. The first-order valence-corrected chi connectivity index (χ1v) is 8.99. The molecule has 0 radical (unpaired) electrons. The largest absolute Gasteiger partial charge is 0.333 e. The van der Waals surface area contributed by atoms with Gasteiger partial charge in [-0.15, -0.1) is 11.3 Å². The highest BCUT2D eigenvalue weighted by atomic mass is 32.1. The topological polar surface area (TPSA) is 96.9 Å². The van der Waals surface area contributed by atoms with Gasteiger partial charge in [0.15, 0.2) is 5.13 Å². The summed E-state index contributed by atoms with van der Waals surface area (Å²) in [6.07, 6.45) is 0. The van der Waals surface area contributed by atoms with Crippen molar-refractivity contribution in [2.75, 3.05) is 5.32 Å². The minimum absolute atomic E-state index is 0.306. The number of hydrogen-bond donors (Lipinski definition) is 2. The summed E-state index contributed by atoms with van der Waals surface area (Å²) < 4.78 is 1.07. The van der Waals surface area contributed by atoms with Gasteiger partial charge in [-0.3, -0.25) is 14.9 Å². The summed E-state index contributed by atoms with van der Waals surface area (Å²) in [5, 5.41) is 5.35. The van der Waals surface area contributed by atoms with Crippen LogP contribution in [-0.2, 0) is 0 Å². The van der Waals surface area contributed by atoms with Crippen molar-refractivity contribution in [2.24, 2.45) is 0 Å². The molecule has 0 bridgehead atoms. The van der Waals surface area contributed by atoms with Gasteiger partial charge in [-0.1, -0.05) is 18.2 Å². The number of nitrogens with one attached hydrogen (secondary N) is 2. The van der Waals surface area contributed by atoms with E-state index in [2.05, 4.69) is 15.3 Å². The molecule has 2 aromatic heterocycles. The Kier molecular flexibility index (Phi) is 4.17. The Morgan fingerprint density at radius 1 is 1.15 bits per heavy atom. The molecule has 2 heterocycles. The molecule has 4 aromatic rings. The van der Waals surface area contributed by atoms with Gasteiger partial charge < -0.3 is 4.98 Å². The standard InChI is InChI=1S/C19H14N4O3S/c1-11-10-27-18(20-11)22-16(24)12-7-8-14-15(9-12)21-19(26)23(17(14)25)13-5-3-2-4-6-13/h2-10H,1H3,(H,21,26)(H,20,22,24). The Bertz CT molecular complexity index is 1270. The molecule has 134 valence electrons. The molecule has 1 amide bonds. The van der Waals surface area contributed by atoms with Crippen molar-refractivity contribution in [3.8, 4) is 5.69 Å². The Labute approximate surface area is 157 Å². The van der Waals surface area contributed by atoms with Crippen LogP contribution in [0.5, 0.6) is 0 Å². The fraction of sp³-hybridized carbons (Fsp3) is 0.0526. The van der Waals surface area contributed by atoms with E-state index < -0.39 is 11.2 Å². The van der Waals surface area contributed by atoms with Gasteiger partial charge in [0.25, 0.3) is 11.5 Å². The molecule has 8 heteroatoms. The monoisotopic (exact) mass is 378 g/mol. The van der Waals surface area contributed by atoms with Crippen LogP contribution in [0.25, 0.3) is 16.6 Å². The highest BCUT2D eigenvalue weighted by molar-refractivity contribution is 7.13. The molecular formula is C19H14N4O3S. The summed E-state index contributed by atoms with van der Waals surface area (Å²) in [7, 11) is 0. The number of H-pyrrole nitrogens is 1. The summed E-state index contributed by atoms with van der Waals surface area (Å²) in [4.78, 5) is 44.5. The number of nitrogens with zero attached hydrogens (tertiary/aromatic N) is 2.